The first-order valence-corrected chi connectivity index (χ1v) is 5.10. The molecule has 2 heterocycles. The van der Waals surface area contributed by atoms with Gasteiger partial charge in [-0.25, -0.2) is 4.98 Å². The quantitative estimate of drug-likeness (QED) is 0.581. The molecule has 0 saturated carbocycles. The van der Waals surface area contributed by atoms with Gasteiger partial charge >= 0.3 is 0 Å². The molecule has 0 amide bonds. The lowest BCUT2D eigenvalue weighted by atomic mass is 10.5. The first-order chi connectivity index (χ1) is 5.79. The van der Waals surface area contributed by atoms with E-state index < -0.39 is 0 Å². The molecule has 0 bridgehead atoms. The van der Waals surface area contributed by atoms with E-state index in [1.54, 1.807) is 0 Å². The summed E-state index contributed by atoms with van der Waals surface area (Å²) in [7, 11) is 0. The van der Waals surface area contributed by atoms with Gasteiger partial charge in [-0.05, 0) is 34.7 Å². The van der Waals surface area contributed by atoms with Crippen LogP contribution in [-0.2, 0) is 5.88 Å². The number of hydrogen-bond acceptors (Lipinski definition) is 1. The number of imidazole rings is 1. The van der Waals surface area contributed by atoms with Crippen LogP contribution in [0.25, 0.3) is 5.65 Å². The van der Waals surface area contributed by atoms with Crippen molar-refractivity contribution in [1.82, 2.24) is 9.38 Å². The number of nitrogens with zero attached hydrogens (tertiary/aromatic N) is 2. The van der Waals surface area contributed by atoms with Gasteiger partial charge in [-0.3, -0.25) is 0 Å². The van der Waals surface area contributed by atoms with Crippen LogP contribution in [0.15, 0.2) is 24.5 Å². The molecular weight excluding hydrogens is 322 g/mol. The molecule has 0 aliphatic rings. The molecule has 70 valence electrons. The maximum absolute atomic E-state index is 5.66. The molecule has 2 rings (SSSR count). The largest absolute Gasteiger partial charge is 0.307 e. The van der Waals surface area contributed by atoms with Crippen LogP contribution in [0.2, 0.25) is 0 Å². The van der Waals surface area contributed by atoms with Gasteiger partial charge in [0.1, 0.15) is 5.65 Å². The fourth-order valence-corrected chi connectivity index (χ4v) is 1.64. The Bertz CT molecular complexity index is 413. The van der Waals surface area contributed by atoms with Crippen molar-refractivity contribution >= 4 is 52.2 Å². The number of pyridine rings is 1. The highest BCUT2D eigenvalue weighted by Crippen LogP contribution is 2.10. The van der Waals surface area contributed by atoms with Gasteiger partial charge < -0.3 is 4.40 Å². The molecule has 2 aromatic heterocycles. The van der Waals surface area contributed by atoms with Crippen molar-refractivity contribution in [2.75, 3.05) is 0 Å². The number of hydrogen-bond donors (Lipinski definition) is 0. The molecule has 5 heteroatoms. The number of alkyl halides is 1. The van der Waals surface area contributed by atoms with Crippen LogP contribution in [0.3, 0.4) is 0 Å². The van der Waals surface area contributed by atoms with Gasteiger partial charge in [-0.15, -0.1) is 24.0 Å². The highest BCUT2D eigenvalue weighted by Gasteiger charge is 1.99. The summed E-state index contributed by atoms with van der Waals surface area (Å²) in [6.07, 6.45) is 3.93. The molecule has 2 nitrogen and oxygen atoms in total. The number of halogens is 3. The van der Waals surface area contributed by atoms with Gasteiger partial charge in [0.15, 0.2) is 0 Å². The number of rotatable bonds is 1. The Hall–Kier alpha value is -0.000000000000000111. The van der Waals surface area contributed by atoms with Crippen molar-refractivity contribution in [2.45, 2.75) is 5.88 Å². The minimum absolute atomic E-state index is 0. The Morgan fingerprint density at radius 2 is 2.31 bits per heavy atom. The van der Waals surface area contributed by atoms with Gasteiger partial charge in [0.2, 0.25) is 0 Å². The Kier molecular flexibility index (Phi) is 3.82. The fourth-order valence-electron chi connectivity index (χ4n) is 1.07. The second-order valence-electron chi connectivity index (χ2n) is 2.48. The zero-order valence-electron chi connectivity index (χ0n) is 6.58. The Morgan fingerprint density at radius 1 is 1.54 bits per heavy atom. The summed E-state index contributed by atoms with van der Waals surface area (Å²) in [5.74, 6) is 0.470. The van der Waals surface area contributed by atoms with E-state index in [-0.39, 0.29) is 12.4 Å². The van der Waals surface area contributed by atoms with E-state index in [0.717, 1.165) is 11.3 Å². The van der Waals surface area contributed by atoms with Crippen molar-refractivity contribution < 1.29 is 0 Å². The minimum Gasteiger partial charge on any atom is -0.307 e. The number of aromatic nitrogens is 2. The third-order valence-corrected chi connectivity index (χ3v) is 2.55. The molecule has 2 aromatic rings. The molecule has 13 heavy (non-hydrogen) atoms. The summed E-state index contributed by atoms with van der Waals surface area (Å²) in [4.78, 5) is 4.32. The van der Waals surface area contributed by atoms with E-state index in [0.29, 0.717) is 5.88 Å². The van der Waals surface area contributed by atoms with Crippen molar-refractivity contribution in [2.24, 2.45) is 0 Å². The zero-order valence-corrected chi connectivity index (χ0v) is 10.3. The van der Waals surface area contributed by atoms with E-state index in [4.69, 9.17) is 11.6 Å². The Balaban J connectivity index is 0.000000845. The molecule has 0 saturated heterocycles. The fraction of sp³-hybridized carbons (Fsp3) is 0.125. The second kappa shape index (κ2) is 4.48. The van der Waals surface area contributed by atoms with Crippen LogP contribution in [0.5, 0.6) is 0 Å². The second-order valence-corrected chi connectivity index (χ2v) is 3.99. The van der Waals surface area contributed by atoms with Gasteiger partial charge in [-0.1, -0.05) is 0 Å². The standard InChI is InChI=1S/C8H6ClIN2.ClH/c9-4-7-5-12-2-1-6(10)3-8(12)11-7;/h1-3,5H,4H2;1H. The molecule has 0 aliphatic carbocycles. The summed E-state index contributed by atoms with van der Waals surface area (Å²) in [5, 5.41) is 0. The molecule has 0 unspecified atom stereocenters. The summed E-state index contributed by atoms with van der Waals surface area (Å²) in [6.45, 7) is 0. The maximum atomic E-state index is 5.66. The lowest BCUT2D eigenvalue weighted by Crippen LogP contribution is -1.81. The van der Waals surface area contributed by atoms with E-state index >= 15 is 0 Å². The molecular formula is C8H7Cl2IN2. The highest BCUT2D eigenvalue weighted by molar-refractivity contribution is 14.1. The first kappa shape index (κ1) is 11.1. The van der Waals surface area contributed by atoms with Crippen LogP contribution >= 0.6 is 46.6 Å². The SMILES string of the molecule is Cl.ClCc1cn2ccc(I)cc2n1. The summed E-state index contributed by atoms with van der Waals surface area (Å²) in [5.41, 5.74) is 1.87. The summed E-state index contributed by atoms with van der Waals surface area (Å²) in [6, 6.07) is 4.06. The van der Waals surface area contributed by atoms with Gasteiger partial charge in [-0.2, -0.15) is 0 Å². The average molecular weight is 329 g/mol. The lowest BCUT2D eigenvalue weighted by molar-refractivity contribution is 1.18. The zero-order chi connectivity index (χ0) is 8.55. The van der Waals surface area contributed by atoms with Crippen molar-refractivity contribution in [3.63, 3.8) is 0 Å². The van der Waals surface area contributed by atoms with Gasteiger partial charge in [0.05, 0.1) is 11.6 Å². The normalized spacial score (nSPS) is 10.0. The van der Waals surface area contributed by atoms with Gasteiger partial charge in [0.25, 0.3) is 0 Å². The van der Waals surface area contributed by atoms with E-state index in [2.05, 4.69) is 27.6 Å². The molecule has 0 fully saturated rings. The molecule has 0 spiro atoms. The molecule has 0 radical (unpaired) electrons. The Labute approximate surface area is 101 Å². The average Bonchev–Trinajstić information content (AvgIpc) is 2.46. The monoisotopic (exact) mass is 328 g/mol. The predicted molar refractivity (Wildman–Crippen MR) is 64.7 cm³/mol. The maximum Gasteiger partial charge on any atom is 0.138 e. The smallest absolute Gasteiger partial charge is 0.138 e. The van der Waals surface area contributed by atoms with Crippen molar-refractivity contribution in [1.29, 1.82) is 0 Å². The topological polar surface area (TPSA) is 17.3 Å². The molecule has 0 aromatic carbocycles. The first-order valence-electron chi connectivity index (χ1n) is 3.49. The number of fused-ring (bicyclic) bond motifs is 1. The Morgan fingerprint density at radius 3 is 3.00 bits per heavy atom. The predicted octanol–water partition coefficient (Wildman–Crippen LogP) is 3.10. The summed E-state index contributed by atoms with van der Waals surface area (Å²) < 4.78 is 3.16. The lowest BCUT2D eigenvalue weighted by Gasteiger charge is -1.91. The van der Waals surface area contributed by atoms with Crippen LogP contribution in [0.4, 0.5) is 0 Å². The van der Waals surface area contributed by atoms with Crippen LogP contribution in [0.1, 0.15) is 5.69 Å². The van der Waals surface area contributed by atoms with Gasteiger partial charge in [0, 0.05) is 16.0 Å². The molecule has 0 aliphatic heterocycles. The van der Waals surface area contributed by atoms with Crippen LogP contribution in [0, 0.1) is 3.57 Å². The van der Waals surface area contributed by atoms with E-state index in [9.17, 15) is 0 Å². The minimum atomic E-state index is 0. The van der Waals surface area contributed by atoms with Crippen LogP contribution < -0.4 is 0 Å². The third kappa shape index (κ3) is 2.27. The van der Waals surface area contributed by atoms with Crippen LogP contribution in [-0.4, -0.2) is 9.38 Å². The molecule has 0 N–H and O–H groups in total. The highest BCUT2D eigenvalue weighted by atomic mass is 127. The molecule has 0 atom stereocenters. The van der Waals surface area contributed by atoms with Crippen molar-refractivity contribution in [3.05, 3.63) is 33.8 Å². The summed E-state index contributed by atoms with van der Waals surface area (Å²) >= 11 is 7.92. The van der Waals surface area contributed by atoms with E-state index in [1.807, 2.05) is 28.9 Å². The van der Waals surface area contributed by atoms with Crippen molar-refractivity contribution in [3.8, 4) is 0 Å². The third-order valence-electron chi connectivity index (χ3n) is 1.61. The van der Waals surface area contributed by atoms with E-state index in [1.165, 1.54) is 3.57 Å².